The lowest BCUT2D eigenvalue weighted by Crippen LogP contribution is -2.50. The SMILES string of the molecule is CCNC(=NCCC1CC1)NC1CCN(C(=O)C(CC)CC)CC1.I. The molecule has 2 aliphatic rings. The maximum absolute atomic E-state index is 12.5. The average molecular weight is 464 g/mol. The van der Waals surface area contributed by atoms with Gasteiger partial charge < -0.3 is 15.5 Å². The molecule has 2 N–H and O–H groups in total. The minimum absolute atomic E-state index is 0. The smallest absolute Gasteiger partial charge is 0.225 e. The van der Waals surface area contributed by atoms with Crippen molar-refractivity contribution in [3.05, 3.63) is 0 Å². The van der Waals surface area contributed by atoms with Gasteiger partial charge in [-0.05, 0) is 44.9 Å². The number of rotatable bonds is 8. The first kappa shape index (κ1) is 22.5. The summed E-state index contributed by atoms with van der Waals surface area (Å²) in [5.41, 5.74) is 0. The van der Waals surface area contributed by atoms with Crippen molar-refractivity contribution in [2.45, 2.75) is 71.8 Å². The zero-order valence-corrected chi connectivity index (χ0v) is 18.6. The summed E-state index contributed by atoms with van der Waals surface area (Å²) < 4.78 is 0. The van der Waals surface area contributed by atoms with Gasteiger partial charge in [-0.2, -0.15) is 0 Å². The van der Waals surface area contributed by atoms with E-state index in [1.807, 2.05) is 0 Å². The topological polar surface area (TPSA) is 56.7 Å². The maximum Gasteiger partial charge on any atom is 0.225 e. The van der Waals surface area contributed by atoms with E-state index in [1.54, 1.807) is 0 Å². The van der Waals surface area contributed by atoms with Crippen LogP contribution in [0.2, 0.25) is 0 Å². The van der Waals surface area contributed by atoms with Crippen molar-refractivity contribution in [2.24, 2.45) is 16.8 Å². The van der Waals surface area contributed by atoms with Gasteiger partial charge in [0.05, 0.1) is 0 Å². The molecule has 1 aliphatic heterocycles. The monoisotopic (exact) mass is 464 g/mol. The Hall–Kier alpha value is -0.530. The number of piperidine rings is 1. The van der Waals surface area contributed by atoms with Gasteiger partial charge in [-0.3, -0.25) is 9.79 Å². The molecule has 1 amide bonds. The number of nitrogens with one attached hydrogen (secondary N) is 2. The molecular weight excluding hydrogens is 427 g/mol. The number of amides is 1. The third kappa shape index (κ3) is 7.71. The van der Waals surface area contributed by atoms with Crippen molar-refractivity contribution >= 4 is 35.8 Å². The molecule has 1 heterocycles. The summed E-state index contributed by atoms with van der Waals surface area (Å²) >= 11 is 0. The number of halogens is 1. The molecule has 0 atom stereocenters. The Morgan fingerprint density at radius 3 is 2.28 bits per heavy atom. The third-order valence-corrected chi connectivity index (χ3v) is 5.33. The highest BCUT2D eigenvalue weighted by Crippen LogP contribution is 2.32. The number of aliphatic imine (C=N–C) groups is 1. The van der Waals surface area contributed by atoms with Crippen LogP contribution in [0.5, 0.6) is 0 Å². The lowest BCUT2D eigenvalue weighted by Gasteiger charge is -2.34. The molecule has 2 rings (SSSR count). The zero-order valence-electron chi connectivity index (χ0n) is 16.2. The van der Waals surface area contributed by atoms with Gasteiger partial charge in [0.2, 0.25) is 5.91 Å². The number of carbonyl (C=O) groups is 1. The maximum atomic E-state index is 12.5. The first-order valence-corrected chi connectivity index (χ1v) is 10.0. The van der Waals surface area contributed by atoms with E-state index in [4.69, 9.17) is 4.99 Å². The fourth-order valence-electron chi connectivity index (χ4n) is 3.42. The van der Waals surface area contributed by atoms with Crippen molar-refractivity contribution in [2.75, 3.05) is 26.2 Å². The molecule has 25 heavy (non-hydrogen) atoms. The molecule has 6 heteroatoms. The Morgan fingerprint density at radius 2 is 1.76 bits per heavy atom. The molecular formula is C19H37IN4O. The first-order chi connectivity index (χ1) is 11.7. The number of likely N-dealkylation sites (tertiary alicyclic amines) is 1. The van der Waals surface area contributed by atoms with Gasteiger partial charge in [-0.25, -0.2) is 0 Å². The van der Waals surface area contributed by atoms with Gasteiger partial charge in [-0.1, -0.05) is 26.7 Å². The van der Waals surface area contributed by atoms with Crippen molar-refractivity contribution in [1.82, 2.24) is 15.5 Å². The van der Waals surface area contributed by atoms with E-state index in [0.29, 0.717) is 11.9 Å². The third-order valence-electron chi connectivity index (χ3n) is 5.33. The van der Waals surface area contributed by atoms with Crippen molar-refractivity contribution < 1.29 is 4.79 Å². The van der Waals surface area contributed by atoms with E-state index in [2.05, 4.69) is 36.3 Å². The molecule has 0 bridgehead atoms. The lowest BCUT2D eigenvalue weighted by molar-refractivity contribution is -0.136. The standard InChI is InChI=1S/C19H36N4O.HI/c1-4-16(5-2)18(24)23-13-10-17(11-14-23)22-19(20-6-3)21-12-9-15-7-8-15;/h15-17H,4-14H2,1-3H3,(H2,20,21,22);1H. The molecule has 0 spiro atoms. The van der Waals surface area contributed by atoms with E-state index in [9.17, 15) is 4.79 Å². The van der Waals surface area contributed by atoms with E-state index in [-0.39, 0.29) is 29.9 Å². The Bertz CT molecular complexity index is 414. The Labute approximate surface area is 170 Å². The highest BCUT2D eigenvalue weighted by Gasteiger charge is 2.27. The number of hydrogen-bond acceptors (Lipinski definition) is 2. The van der Waals surface area contributed by atoms with Crippen molar-refractivity contribution in [1.29, 1.82) is 0 Å². The van der Waals surface area contributed by atoms with Crippen LogP contribution in [0.3, 0.4) is 0 Å². The fourth-order valence-corrected chi connectivity index (χ4v) is 3.42. The summed E-state index contributed by atoms with van der Waals surface area (Å²) in [6.07, 6.45) is 7.93. The minimum atomic E-state index is 0. The molecule has 1 saturated heterocycles. The number of nitrogens with zero attached hydrogens (tertiary/aromatic N) is 2. The molecule has 0 aromatic rings. The Morgan fingerprint density at radius 1 is 1.12 bits per heavy atom. The Balaban J connectivity index is 0.00000312. The largest absolute Gasteiger partial charge is 0.357 e. The van der Waals surface area contributed by atoms with Crippen LogP contribution in [-0.2, 0) is 4.79 Å². The van der Waals surface area contributed by atoms with Crippen LogP contribution in [0.4, 0.5) is 0 Å². The number of carbonyl (C=O) groups excluding carboxylic acids is 1. The highest BCUT2D eigenvalue weighted by molar-refractivity contribution is 14.0. The molecule has 5 nitrogen and oxygen atoms in total. The van der Waals surface area contributed by atoms with Gasteiger partial charge in [0, 0.05) is 38.1 Å². The van der Waals surface area contributed by atoms with E-state index >= 15 is 0 Å². The van der Waals surface area contributed by atoms with Crippen LogP contribution in [0.1, 0.15) is 65.7 Å². The second kappa shape index (κ2) is 12.0. The van der Waals surface area contributed by atoms with Crippen LogP contribution in [0.25, 0.3) is 0 Å². The van der Waals surface area contributed by atoms with Crippen LogP contribution in [0.15, 0.2) is 4.99 Å². The van der Waals surface area contributed by atoms with Gasteiger partial charge in [0.25, 0.3) is 0 Å². The molecule has 0 radical (unpaired) electrons. The zero-order chi connectivity index (χ0) is 17.4. The lowest BCUT2D eigenvalue weighted by atomic mass is 9.98. The predicted molar refractivity (Wildman–Crippen MR) is 116 cm³/mol. The predicted octanol–water partition coefficient (Wildman–Crippen LogP) is 3.39. The van der Waals surface area contributed by atoms with Gasteiger partial charge in [-0.15, -0.1) is 24.0 Å². The Kier molecular flexibility index (Phi) is 10.8. The molecule has 0 aromatic carbocycles. The molecule has 0 aromatic heterocycles. The first-order valence-electron chi connectivity index (χ1n) is 10.0. The molecule has 0 unspecified atom stereocenters. The normalized spacial score (nSPS) is 18.9. The van der Waals surface area contributed by atoms with Crippen LogP contribution >= 0.6 is 24.0 Å². The number of guanidine groups is 1. The summed E-state index contributed by atoms with van der Waals surface area (Å²) in [5, 5.41) is 6.92. The second-order valence-electron chi connectivity index (χ2n) is 7.25. The average Bonchev–Trinajstić information content (AvgIpc) is 3.41. The van der Waals surface area contributed by atoms with Gasteiger partial charge >= 0.3 is 0 Å². The fraction of sp³-hybridized carbons (Fsp3) is 0.895. The summed E-state index contributed by atoms with van der Waals surface area (Å²) in [7, 11) is 0. The van der Waals surface area contributed by atoms with Crippen LogP contribution in [-0.4, -0.2) is 49.0 Å². The quantitative estimate of drug-likeness (QED) is 0.329. The van der Waals surface area contributed by atoms with E-state index in [0.717, 1.165) is 63.7 Å². The van der Waals surface area contributed by atoms with E-state index in [1.165, 1.54) is 19.3 Å². The van der Waals surface area contributed by atoms with Gasteiger partial charge in [0.15, 0.2) is 5.96 Å². The number of hydrogen-bond donors (Lipinski definition) is 2. The summed E-state index contributed by atoms with van der Waals surface area (Å²) in [6, 6.07) is 0.425. The van der Waals surface area contributed by atoms with Crippen molar-refractivity contribution in [3.8, 4) is 0 Å². The minimum Gasteiger partial charge on any atom is -0.357 e. The summed E-state index contributed by atoms with van der Waals surface area (Å²) in [6.45, 7) is 9.88. The van der Waals surface area contributed by atoms with Crippen molar-refractivity contribution in [3.63, 3.8) is 0 Å². The molecule has 1 aliphatic carbocycles. The molecule has 1 saturated carbocycles. The van der Waals surface area contributed by atoms with Crippen LogP contribution < -0.4 is 10.6 Å². The summed E-state index contributed by atoms with van der Waals surface area (Å²) in [5.74, 6) is 2.43. The molecule has 2 fully saturated rings. The highest BCUT2D eigenvalue weighted by atomic mass is 127. The molecule has 146 valence electrons. The second-order valence-corrected chi connectivity index (χ2v) is 7.25. The van der Waals surface area contributed by atoms with Crippen LogP contribution in [0, 0.1) is 11.8 Å². The van der Waals surface area contributed by atoms with E-state index < -0.39 is 0 Å². The van der Waals surface area contributed by atoms with Gasteiger partial charge in [0.1, 0.15) is 0 Å². The summed E-state index contributed by atoms with van der Waals surface area (Å²) in [4.78, 5) is 19.2.